The smallest absolute Gasteiger partial charge is 0.0965 e. The van der Waals surface area contributed by atoms with Crippen molar-refractivity contribution in [3.05, 3.63) is 15.6 Å². The van der Waals surface area contributed by atoms with E-state index in [0.29, 0.717) is 0 Å². The number of fused-ring (bicyclic) bond motifs is 2. The molecule has 17 heavy (non-hydrogen) atoms. The molecule has 3 rings (SSSR count). The Morgan fingerprint density at radius 3 is 2.88 bits per heavy atom. The molecule has 0 aromatic carbocycles. The lowest BCUT2D eigenvalue weighted by atomic mass is 9.89. The van der Waals surface area contributed by atoms with Crippen LogP contribution >= 0.6 is 11.3 Å². The number of rotatable bonds is 4. The maximum Gasteiger partial charge on any atom is 0.0965 e. The molecule has 94 valence electrons. The highest BCUT2D eigenvalue weighted by molar-refractivity contribution is 7.11. The zero-order chi connectivity index (χ0) is 11.8. The number of aryl methyl sites for hydroxylation is 1. The van der Waals surface area contributed by atoms with Gasteiger partial charge in [0.05, 0.1) is 10.7 Å². The Bertz CT molecular complexity index is 399. The van der Waals surface area contributed by atoms with E-state index in [2.05, 4.69) is 19.2 Å². The van der Waals surface area contributed by atoms with Gasteiger partial charge in [0, 0.05) is 17.3 Å². The zero-order valence-electron chi connectivity index (χ0n) is 10.8. The Balaban J connectivity index is 1.75. The molecule has 3 heteroatoms. The second-order valence-electron chi connectivity index (χ2n) is 5.62. The van der Waals surface area contributed by atoms with Crippen LogP contribution < -0.4 is 5.32 Å². The fourth-order valence-electron chi connectivity index (χ4n) is 3.56. The normalized spacial score (nSPS) is 31.3. The lowest BCUT2D eigenvalue weighted by Gasteiger charge is -2.18. The quantitative estimate of drug-likeness (QED) is 0.885. The van der Waals surface area contributed by atoms with Crippen molar-refractivity contribution in [2.45, 2.75) is 52.0 Å². The maximum atomic E-state index is 4.84. The number of nitrogens with one attached hydrogen (secondary N) is 1. The minimum atomic E-state index is 0.799. The molecule has 2 bridgehead atoms. The van der Waals surface area contributed by atoms with Gasteiger partial charge in [-0.1, -0.05) is 13.3 Å². The molecule has 1 aromatic heterocycles. The van der Waals surface area contributed by atoms with Gasteiger partial charge in [0.2, 0.25) is 0 Å². The molecule has 0 spiro atoms. The lowest BCUT2D eigenvalue weighted by Crippen LogP contribution is -2.11. The summed E-state index contributed by atoms with van der Waals surface area (Å²) < 4.78 is 0. The Kier molecular flexibility index (Phi) is 3.22. The van der Waals surface area contributed by atoms with Crippen LogP contribution in [0.25, 0.3) is 0 Å². The van der Waals surface area contributed by atoms with Crippen molar-refractivity contribution in [2.75, 3.05) is 6.54 Å². The molecule has 2 aliphatic rings. The number of aromatic nitrogens is 1. The second kappa shape index (κ2) is 4.69. The predicted octanol–water partition coefficient (Wildman–Crippen LogP) is 3.46. The highest BCUT2D eigenvalue weighted by atomic mass is 32.1. The average Bonchev–Trinajstić information content (AvgIpc) is 3.01. The third kappa shape index (κ3) is 2.15. The van der Waals surface area contributed by atoms with Gasteiger partial charge in [0.25, 0.3) is 0 Å². The minimum absolute atomic E-state index is 0.799. The summed E-state index contributed by atoms with van der Waals surface area (Å²) in [4.78, 5) is 6.29. The van der Waals surface area contributed by atoms with E-state index >= 15 is 0 Å². The van der Waals surface area contributed by atoms with Gasteiger partial charge in [-0.2, -0.15) is 0 Å². The SMILES string of the molecule is CCNCc1sc(C2CC3CCC2C3)nc1C. The predicted molar refractivity (Wildman–Crippen MR) is 72.4 cm³/mol. The fraction of sp³-hybridized carbons (Fsp3) is 0.786. The van der Waals surface area contributed by atoms with E-state index in [9.17, 15) is 0 Å². The van der Waals surface area contributed by atoms with Crippen molar-refractivity contribution in [3.63, 3.8) is 0 Å². The van der Waals surface area contributed by atoms with Crippen LogP contribution in [-0.4, -0.2) is 11.5 Å². The van der Waals surface area contributed by atoms with Crippen molar-refractivity contribution in [3.8, 4) is 0 Å². The molecular formula is C14H22N2S. The van der Waals surface area contributed by atoms with Crippen molar-refractivity contribution in [1.82, 2.24) is 10.3 Å². The topological polar surface area (TPSA) is 24.9 Å². The average molecular weight is 250 g/mol. The van der Waals surface area contributed by atoms with Gasteiger partial charge in [-0.15, -0.1) is 11.3 Å². The summed E-state index contributed by atoms with van der Waals surface area (Å²) in [6.07, 6.45) is 5.83. The molecule has 1 N–H and O–H groups in total. The van der Waals surface area contributed by atoms with Crippen LogP contribution in [0.2, 0.25) is 0 Å². The summed E-state index contributed by atoms with van der Waals surface area (Å²) >= 11 is 1.96. The summed E-state index contributed by atoms with van der Waals surface area (Å²) in [5.74, 6) is 2.77. The van der Waals surface area contributed by atoms with E-state index in [1.165, 1.54) is 41.3 Å². The molecule has 2 saturated carbocycles. The highest BCUT2D eigenvalue weighted by Crippen LogP contribution is 2.53. The van der Waals surface area contributed by atoms with Crippen LogP contribution in [0.4, 0.5) is 0 Å². The van der Waals surface area contributed by atoms with E-state index < -0.39 is 0 Å². The molecule has 2 aliphatic carbocycles. The summed E-state index contributed by atoms with van der Waals surface area (Å²) in [5.41, 5.74) is 1.26. The van der Waals surface area contributed by atoms with Crippen LogP contribution in [-0.2, 0) is 6.54 Å². The third-order valence-electron chi connectivity index (χ3n) is 4.50. The second-order valence-corrected chi connectivity index (χ2v) is 6.74. The minimum Gasteiger partial charge on any atom is -0.312 e. The summed E-state index contributed by atoms with van der Waals surface area (Å²) in [7, 11) is 0. The van der Waals surface area contributed by atoms with Gasteiger partial charge in [-0.3, -0.25) is 0 Å². The Labute approximate surface area is 108 Å². The number of hydrogen-bond acceptors (Lipinski definition) is 3. The highest BCUT2D eigenvalue weighted by Gasteiger charge is 2.41. The van der Waals surface area contributed by atoms with Gasteiger partial charge < -0.3 is 5.32 Å². The Morgan fingerprint density at radius 2 is 2.24 bits per heavy atom. The first-order chi connectivity index (χ1) is 8.28. The van der Waals surface area contributed by atoms with E-state index in [0.717, 1.165) is 30.8 Å². The molecule has 0 amide bonds. The number of thiazole rings is 1. The van der Waals surface area contributed by atoms with E-state index in [4.69, 9.17) is 4.98 Å². The van der Waals surface area contributed by atoms with E-state index in [1.54, 1.807) is 0 Å². The molecule has 3 atom stereocenters. The van der Waals surface area contributed by atoms with Crippen molar-refractivity contribution in [1.29, 1.82) is 0 Å². The van der Waals surface area contributed by atoms with Crippen molar-refractivity contribution >= 4 is 11.3 Å². The molecular weight excluding hydrogens is 228 g/mol. The van der Waals surface area contributed by atoms with E-state index in [1.807, 2.05) is 11.3 Å². The fourth-order valence-corrected chi connectivity index (χ4v) is 4.80. The van der Waals surface area contributed by atoms with E-state index in [-0.39, 0.29) is 0 Å². The van der Waals surface area contributed by atoms with Gasteiger partial charge in [-0.25, -0.2) is 4.98 Å². The molecule has 2 fully saturated rings. The first-order valence-electron chi connectivity index (χ1n) is 6.94. The summed E-state index contributed by atoms with van der Waals surface area (Å²) in [6, 6.07) is 0. The van der Waals surface area contributed by atoms with Gasteiger partial charge in [-0.05, 0) is 44.6 Å². The largest absolute Gasteiger partial charge is 0.312 e. The van der Waals surface area contributed by atoms with Gasteiger partial charge in [0.15, 0.2) is 0 Å². The van der Waals surface area contributed by atoms with Crippen molar-refractivity contribution in [2.24, 2.45) is 11.8 Å². The summed E-state index contributed by atoms with van der Waals surface area (Å²) in [5, 5.41) is 4.85. The van der Waals surface area contributed by atoms with Crippen LogP contribution in [0.3, 0.4) is 0 Å². The van der Waals surface area contributed by atoms with Crippen LogP contribution in [0.1, 0.15) is 54.1 Å². The monoisotopic (exact) mass is 250 g/mol. The lowest BCUT2D eigenvalue weighted by molar-refractivity contribution is 0.418. The molecule has 0 saturated heterocycles. The maximum absolute atomic E-state index is 4.84. The van der Waals surface area contributed by atoms with Crippen LogP contribution in [0.5, 0.6) is 0 Å². The van der Waals surface area contributed by atoms with Crippen LogP contribution in [0.15, 0.2) is 0 Å². The molecule has 3 unspecified atom stereocenters. The Morgan fingerprint density at radius 1 is 1.35 bits per heavy atom. The number of nitrogens with zero attached hydrogens (tertiary/aromatic N) is 1. The first-order valence-corrected chi connectivity index (χ1v) is 7.76. The van der Waals surface area contributed by atoms with Gasteiger partial charge >= 0.3 is 0 Å². The van der Waals surface area contributed by atoms with Crippen molar-refractivity contribution < 1.29 is 0 Å². The molecule has 1 aromatic rings. The van der Waals surface area contributed by atoms with Gasteiger partial charge in [0.1, 0.15) is 0 Å². The molecule has 1 heterocycles. The summed E-state index contributed by atoms with van der Waals surface area (Å²) in [6.45, 7) is 6.37. The number of hydrogen-bond donors (Lipinski definition) is 1. The zero-order valence-corrected chi connectivity index (χ0v) is 11.6. The standard InChI is InChI=1S/C14H22N2S/c1-3-15-8-13-9(2)16-14(17-13)12-7-10-4-5-11(12)6-10/h10-12,15H,3-8H2,1-2H3. The molecule has 0 radical (unpaired) electrons. The molecule has 0 aliphatic heterocycles. The molecule has 2 nitrogen and oxygen atoms in total. The third-order valence-corrected chi connectivity index (χ3v) is 5.79. The first kappa shape index (κ1) is 11.7. The van der Waals surface area contributed by atoms with Crippen LogP contribution in [0, 0.1) is 18.8 Å². The Hall–Kier alpha value is -0.410.